The van der Waals surface area contributed by atoms with Crippen molar-refractivity contribution in [2.75, 3.05) is 7.11 Å². The molecule has 0 aliphatic rings. The molecule has 0 saturated heterocycles. The highest BCUT2D eigenvalue weighted by atomic mass is 16.5. The van der Waals surface area contributed by atoms with E-state index in [4.69, 9.17) is 4.74 Å². The maximum Gasteiger partial charge on any atom is 0.184 e. The number of benzene rings is 1. The van der Waals surface area contributed by atoms with Crippen molar-refractivity contribution in [3.63, 3.8) is 0 Å². The molecule has 0 N–H and O–H groups in total. The van der Waals surface area contributed by atoms with E-state index in [1.165, 1.54) is 17.3 Å². The van der Waals surface area contributed by atoms with Gasteiger partial charge in [0.1, 0.15) is 24.9 Å². The SMILES string of the molecule is COc1ccc(C(=O)Cn2cncn2)cc1. The standard InChI is InChI=1S/C11H11N3O2/c1-16-10-4-2-9(3-5-10)11(15)6-14-8-12-7-13-14/h2-5,7-8H,6H2,1H3. The second-order valence-electron chi connectivity index (χ2n) is 3.24. The third-order valence-corrected chi connectivity index (χ3v) is 2.18. The normalized spacial score (nSPS) is 10.1. The topological polar surface area (TPSA) is 57.0 Å². The van der Waals surface area contributed by atoms with Crippen molar-refractivity contribution in [1.29, 1.82) is 0 Å². The van der Waals surface area contributed by atoms with Gasteiger partial charge in [-0.2, -0.15) is 5.10 Å². The van der Waals surface area contributed by atoms with E-state index in [9.17, 15) is 4.79 Å². The van der Waals surface area contributed by atoms with E-state index in [1.807, 2.05) is 0 Å². The number of aromatic nitrogens is 3. The summed E-state index contributed by atoms with van der Waals surface area (Å²) >= 11 is 0. The van der Waals surface area contributed by atoms with Crippen LogP contribution in [-0.2, 0) is 6.54 Å². The van der Waals surface area contributed by atoms with Crippen LogP contribution in [0.2, 0.25) is 0 Å². The lowest BCUT2D eigenvalue weighted by Gasteiger charge is -2.02. The van der Waals surface area contributed by atoms with Crippen molar-refractivity contribution >= 4 is 5.78 Å². The Labute approximate surface area is 92.7 Å². The lowest BCUT2D eigenvalue weighted by Crippen LogP contribution is -2.10. The molecule has 0 saturated carbocycles. The molecule has 0 aliphatic carbocycles. The Morgan fingerprint density at radius 3 is 2.69 bits per heavy atom. The van der Waals surface area contributed by atoms with E-state index in [0.29, 0.717) is 5.56 Å². The molecule has 0 radical (unpaired) electrons. The molecule has 0 aliphatic heterocycles. The molecule has 0 bridgehead atoms. The molecule has 0 atom stereocenters. The van der Waals surface area contributed by atoms with Gasteiger partial charge in [0.15, 0.2) is 5.78 Å². The second kappa shape index (κ2) is 4.57. The number of ketones is 1. The van der Waals surface area contributed by atoms with Crippen LogP contribution >= 0.6 is 0 Å². The number of hydrogen-bond donors (Lipinski definition) is 0. The van der Waals surface area contributed by atoms with Gasteiger partial charge in [-0.05, 0) is 24.3 Å². The van der Waals surface area contributed by atoms with Crippen molar-refractivity contribution in [2.24, 2.45) is 0 Å². The maximum atomic E-state index is 11.8. The third kappa shape index (κ3) is 2.25. The number of nitrogens with zero attached hydrogens (tertiary/aromatic N) is 3. The van der Waals surface area contributed by atoms with Crippen molar-refractivity contribution in [2.45, 2.75) is 6.54 Å². The molecule has 5 heteroatoms. The summed E-state index contributed by atoms with van der Waals surface area (Å²) in [4.78, 5) is 15.6. The predicted octanol–water partition coefficient (Wildman–Crippen LogP) is 1.17. The Morgan fingerprint density at radius 1 is 1.38 bits per heavy atom. The number of Topliss-reactive ketones (excluding diaryl/α,β-unsaturated/α-hetero) is 1. The molecule has 1 aromatic carbocycles. The number of ether oxygens (including phenoxy) is 1. The van der Waals surface area contributed by atoms with Crippen molar-refractivity contribution < 1.29 is 9.53 Å². The minimum Gasteiger partial charge on any atom is -0.497 e. The zero-order valence-corrected chi connectivity index (χ0v) is 8.83. The van der Waals surface area contributed by atoms with E-state index in [1.54, 1.807) is 31.4 Å². The van der Waals surface area contributed by atoms with Crippen LogP contribution in [0.4, 0.5) is 0 Å². The van der Waals surface area contributed by atoms with Gasteiger partial charge in [0.2, 0.25) is 0 Å². The van der Waals surface area contributed by atoms with Crippen LogP contribution in [0, 0.1) is 0 Å². The number of carbonyl (C=O) groups is 1. The highest BCUT2D eigenvalue weighted by Crippen LogP contribution is 2.12. The van der Waals surface area contributed by atoms with Gasteiger partial charge in [0.25, 0.3) is 0 Å². The molecule has 1 heterocycles. The Hall–Kier alpha value is -2.17. The number of rotatable bonds is 4. The molecule has 0 unspecified atom stereocenters. The van der Waals surface area contributed by atoms with Crippen LogP contribution in [0.1, 0.15) is 10.4 Å². The van der Waals surface area contributed by atoms with Crippen LogP contribution in [0.5, 0.6) is 5.75 Å². The van der Waals surface area contributed by atoms with Gasteiger partial charge < -0.3 is 4.74 Å². The first kappa shape index (κ1) is 10.4. The predicted molar refractivity (Wildman–Crippen MR) is 57.3 cm³/mol. The fourth-order valence-corrected chi connectivity index (χ4v) is 1.33. The van der Waals surface area contributed by atoms with Gasteiger partial charge in [-0.3, -0.25) is 4.79 Å². The van der Waals surface area contributed by atoms with Gasteiger partial charge in [-0.25, -0.2) is 9.67 Å². The third-order valence-electron chi connectivity index (χ3n) is 2.18. The van der Waals surface area contributed by atoms with Crippen LogP contribution < -0.4 is 4.74 Å². The minimum atomic E-state index is -0.00634. The Balaban J connectivity index is 2.09. The quantitative estimate of drug-likeness (QED) is 0.721. The largest absolute Gasteiger partial charge is 0.497 e. The first-order valence-electron chi connectivity index (χ1n) is 4.79. The molecule has 82 valence electrons. The van der Waals surface area contributed by atoms with E-state index < -0.39 is 0 Å². The first-order chi connectivity index (χ1) is 7.79. The number of methoxy groups -OCH3 is 1. The van der Waals surface area contributed by atoms with Crippen molar-refractivity contribution in [3.8, 4) is 5.75 Å². The molecule has 16 heavy (non-hydrogen) atoms. The summed E-state index contributed by atoms with van der Waals surface area (Å²) in [6.45, 7) is 0.201. The average Bonchev–Trinajstić information content (AvgIpc) is 2.82. The number of carbonyl (C=O) groups excluding carboxylic acids is 1. The molecule has 1 aromatic heterocycles. The maximum absolute atomic E-state index is 11.8. The molecule has 5 nitrogen and oxygen atoms in total. The summed E-state index contributed by atoms with van der Waals surface area (Å²) in [6, 6.07) is 6.99. The van der Waals surface area contributed by atoms with Gasteiger partial charge in [-0.1, -0.05) is 0 Å². The monoisotopic (exact) mass is 217 g/mol. The fourth-order valence-electron chi connectivity index (χ4n) is 1.33. The summed E-state index contributed by atoms with van der Waals surface area (Å²) in [7, 11) is 1.59. The summed E-state index contributed by atoms with van der Waals surface area (Å²) in [5.41, 5.74) is 0.635. The van der Waals surface area contributed by atoms with Gasteiger partial charge in [0.05, 0.1) is 7.11 Å². The lowest BCUT2D eigenvalue weighted by atomic mass is 10.1. The minimum absolute atomic E-state index is 0.00634. The molecule has 2 aromatic rings. The van der Waals surface area contributed by atoms with E-state index in [2.05, 4.69) is 10.1 Å². The Morgan fingerprint density at radius 2 is 2.12 bits per heavy atom. The summed E-state index contributed by atoms with van der Waals surface area (Å²) < 4.78 is 6.51. The molecular weight excluding hydrogens is 206 g/mol. The van der Waals surface area contributed by atoms with Crippen molar-refractivity contribution in [1.82, 2.24) is 14.8 Å². The van der Waals surface area contributed by atoms with Crippen molar-refractivity contribution in [3.05, 3.63) is 42.5 Å². The van der Waals surface area contributed by atoms with E-state index in [-0.39, 0.29) is 12.3 Å². The zero-order chi connectivity index (χ0) is 11.4. The molecule has 2 rings (SSSR count). The van der Waals surface area contributed by atoms with E-state index >= 15 is 0 Å². The van der Waals surface area contributed by atoms with Crippen LogP contribution in [0.25, 0.3) is 0 Å². The molecule has 0 fully saturated rings. The van der Waals surface area contributed by atoms with Crippen LogP contribution in [0.15, 0.2) is 36.9 Å². The number of hydrogen-bond acceptors (Lipinski definition) is 4. The zero-order valence-electron chi connectivity index (χ0n) is 8.83. The van der Waals surface area contributed by atoms with E-state index in [0.717, 1.165) is 5.75 Å². The molecule has 0 spiro atoms. The molecule has 0 amide bonds. The van der Waals surface area contributed by atoms with Gasteiger partial charge in [-0.15, -0.1) is 0 Å². The highest BCUT2D eigenvalue weighted by Gasteiger charge is 2.06. The van der Waals surface area contributed by atoms with Crippen LogP contribution in [0.3, 0.4) is 0 Å². The summed E-state index contributed by atoms with van der Waals surface area (Å²) in [5.74, 6) is 0.727. The first-order valence-corrected chi connectivity index (χ1v) is 4.79. The lowest BCUT2D eigenvalue weighted by molar-refractivity contribution is 0.0967. The Kier molecular flexibility index (Phi) is 2.95. The average molecular weight is 217 g/mol. The Bertz CT molecular complexity index is 462. The van der Waals surface area contributed by atoms with Gasteiger partial charge in [0, 0.05) is 5.56 Å². The fraction of sp³-hybridized carbons (Fsp3) is 0.182. The summed E-state index contributed by atoms with van der Waals surface area (Å²) in [5, 5.41) is 3.88. The summed E-state index contributed by atoms with van der Waals surface area (Å²) in [6.07, 6.45) is 2.92. The molecular formula is C11H11N3O2. The second-order valence-corrected chi connectivity index (χ2v) is 3.24. The highest BCUT2D eigenvalue weighted by molar-refractivity contribution is 5.95. The van der Waals surface area contributed by atoms with Crippen LogP contribution in [-0.4, -0.2) is 27.7 Å². The van der Waals surface area contributed by atoms with Gasteiger partial charge >= 0.3 is 0 Å². The smallest absolute Gasteiger partial charge is 0.184 e.